The molecule has 7 nitrogen and oxygen atoms in total. The quantitative estimate of drug-likeness (QED) is 0.702. The molecular formula is C19H17N3O4. The molecule has 0 bridgehead atoms. The van der Waals surface area contributed by atoms with E-state index in [9.17, 15) is 9.59 Å². The standard InChI is InChI=1S/C19H17N3O4/c1-11-6-8-12(9-7-11)18(24)21-22-19-14(17(20)23)10-13-4-3-5-15(25-2)16(13)26-19/h3-10H,1-2H3,(H2,20,23)(H,21,24)/b22-19+. The number of hydrogen-bond acceptors (Lipinski definition) is 5. The van der Waals surface area contributed by atoms with Gasteiger partial charge in [0.15, 0.2) is 11.3 Å². The summed E-state index contributed by atoms with van der Waals surface area (Å²) in [4.78, 5) is 23.9. The lowest BCUT2D eigenvalue weighted by Crippen LogP contribution is -2.27. The van der Waals surface area contributed by atoms with Gasteiger partial charge in [0.05, 0.1) is 7.11 Å². The molecule has 0 aliphatic rings. The van der Waals surface area contributed by atoms with Crippen molar-refractivity contribution < 1.29 is 18.7 Å². The van der Waals surface area contributed by atoms with Gasteiger partial charge >= 0.3 is 0 Å². The van der Waals surface area contributed by atoms with Crippen LogP contribution in [0, 0.1) is 6.92 Å². The van der Waals surface area contributed by atoms with Gasteiger partial charge in [-0.1, -0.05) is 29.8 Å². The fourth-order valence-electron chi connectivity index (χ4n) is 2.42. The fraction of sp³-hybridized carbons (Fsp3) is 0.105. The van der Waals surface area contributed by atoms with Crippen molar-refractivity contribution in [2.45, 2.75) is 6.92 Å². The molecule has 1 aromatic heterocycles. The molecule has 0 spiro atoms. The number of primary amides is 1. The van der Waals surface area contributed by atoms with Crippen LogP contribution >= 0.6 is 0 Å². The molecule has 7 heteroatoms. The maximum Gasteiger partial charge on any atom is 0.271 e. The number of carbonyl (C=O) groups is 2. The highest BCUT2D eigenvalue weighted by Crippen LogP contribution is 2.24. The van der Waals surface area contributed by atoms with E-state index in [0.29, 0.717) is 22.3 Å². The lowest BCUT2D eigenvalue weighted by Gasteiger charge is -2.06. The van der Waals surface area contributed by atoms with Crippen LogP contribution in [0.5, 0.6) is 5.75 Å². The molecule has 0 atom stereocenters. The number of nitrogens with two attached hydrogens (primary N) is 1. The molecule has 2 amide bonds. The minimum Gasteiger partial charge on any atom is -0.493 e. The molecule has 0 saturated carbocycles. The second-order valence-corrected chi connectivity index (χ2v) is 5.63. The summed E-state index contributed by atoms with van der Waals surface area (Å²) in [6.45, 7) is 1.92. The molecule has 3 rings (SSSR count). The SMILES string of the molecule is COc1cccc2cc(C(N)=O)/c(=N\NC(=O)c3ccc(C)cc3)oc12. The van der Waals surface area contributed by atoms with Crippen LogP contribution in [-0.4, -0.2) is 18.9 Å². The van der Waals surface area contributed by atoms with Crippen LogP contribution in [0.3, 0.4) is 0 Å². The molecule has 0 aliphatic carbocycles. The highest BCUT2D eigenvalue weighted by molar-refractivity contribution is 5.96. The third-order valence-corrected chi connectivity index (χ3v) is 3.80. The molecule has 0 fully saturated rings. The monoisotopic (exact) mass is 351 g/mol. The van der Waals surface area contributed by atoms with Crippen LogP contribution in [0.25, 0.3) is 11.0 Å². The van der Waals surface area contributed by atoms with Gasteiger partial charge in [0, 0.05) is 10.9 Å². The number of nitrogens with one attached hydrogen (secondary N) is 1. The van der Waals surface area contributed by atoms with E-state index in [1.807, 2.05) is 19.1 Å². The first-order chi connectivity index (χ1) is 12.5. The Bertz CT molecular complexity index is 1050. The van der Waals surface area contributed by atoms with Crippen LogP contribution in [0.2, 0.25) is 0 Å². The summed E-state index contributed by atoms with van der Waals surface area (Å²) in [5.74, 6) is -0.683. The number of aryl methyl sites for hydroxylation is 1. The van der Waals surface area contributed by atoms with E-state index in [1.54, 1.807) is 36.4 Å². The molecule has 0 saturated heterocycles. The first-order valence-corrected chi connectivity index (χ1v) is 7.81. The molecule has 3 N–H and O–H groups in total. The van der Waals surface area contributed by atoms with Gasteiger partial charge in [0.1, 0.15) is 5.56 Å². The summed E-state index contributed by atoms with van der Waals surface area (Å²) in [7, 11) is 1.50. The van der Waals surface area contributed by atoms with Crippen molar-refractivity contribution in [1.82, 2.24) is 5.43 Å². The van der Waals surface area contributed by atoms with Crippen LogP contribution in [0.4, 0.5) is 0 Å². The molecular weight excluding hydrogens is 334 g/mol. The normalized spacial score (nSPS) is 11.4. The Kier molecular flexibility index (Phi) is 4.70. The average molecular weight is 351 g/mol. The number of fused-ring (bicyclic) bond motifs is 1. The largest absolute Gasteiger partial charge is 0.493 e. The zero-order valence-corrected chi connectivity index (χ0v) is 14.3. The number of para-hydroxylation sites is 1. The minimum absolute atomic E-state index is 0.0509. The van der Waals surface area contributed by atoms with Gasteiger partial charge < -0.3 is 14.9 Å². The first kappa shape index (κ1) is 17.2. The summed E-state index contributed by atoms with van der Waals surface area (Å²) >= 11 is 0. The van der Waals surface area contributed by atoms with E-state index in [4.69, 9.17) is 14.9 Å². The molecule has 0 unspecified atom stereocenters. The summed E-state index contributed by atoms with van der Waals surface area (Å²) in [5, 5.41) is 4.56. The van der Waals surface area contributed by atoms with Crippen molar-refractivity contribution in [2.75, 3.05) is 7.11 Å². The van der Waals surface area contributed by atoms with Gasteiger partial charge in [-0.25, -0.2) is 5.43 Å². The maximum atomic E-state index is 12.2. The van der Waals surface area contributed by atoms with Gasteiger partial charge in [-0.2, -0.15) is 0 Å². The average Bonchev–Trinajstić information content (AvgIpc) is 2.65. The summed E-state index contributed by atoms with van der Waals surface area (Å²) in [6, 6.07) is 13.8. The Morgan fingerprint density at radius 1 is 1.15 bits per heavy atom. The third-order valence-electron chi connectivity index (χ3n) is 3.80. The van der Waals surface area contributed by atoms with Crippen LogP contribution < -0.4 is 21.5 Å². The van der Waals surface area contributed by atoms with Gasteiger partial charge in [-0.05, 0) is 31.2 Å². The second kappa shape index (κ2) is 7.10. The highest BCUT2D eigenvalue weighted by Gasteiger charge is 2.12. The lowest BCUT2D eigenvalue weighted by molar-refractivity contribution is 0.0946. The zero-order chi connectivity index (χ0) is 18.7. The van der Waals surface area contributed by atoms with Crippen LogP contribution in [0.15, 0.2) is 58.0 Å². The van der Waals surface area contributed by atoms with Crippen molar-refractivity contribution in [3.63, 3.8) is 0 Å². The second-order valence-electron chi connectivity index (χ2n) is 5.63. The van der Waals surface area contributed by atoms with E-state index in [1.165, 1.54) is 7.11 Å². The van der Waals surface area contributed by atoms with Crippen LogP contribution in [-0.2, 0) is 0 Å². The molecule has 132 valence electrons. The van der Waals surface area contributed by atoms with Gasteiger partial charge in [0.25, 0.3) is 11.8 Å². The number of carbonyl (C=O) groups excluding carboxylic acids is 2. The Labute approximate surface area is 149 Å². The van der Waals surface area contributed by atoms with Crippen molar-refractivity contribution in [1.29, 1.82) is 0 Å². The number of hydrogen-bond donors (Lipinski definition) is 2. The van der Waals surface area contributed by atoms with Crippen molar-refractivity contribution in [3.05, 3.63) is 70.8 Å². The zero-order valence-electron chi connectivity index (χ0n) is 14.3. The fourth-order valence-corrected chi connectivity index (χ4v) is 2.42. The molecule has 26 heavy (non-hydrogen) atoms. The van der Waals surface area contributed by atoms with Crippen LogP contribution in [0.1, 0.15) is 26.3 Å². The number of nitrogens with zero attached hydrogens (tertiary/aromatic N) is 1. The molecule has 3 aromatic rings. The predicted molar refractivity (Wildman–Crippen MR) is 95.5 cm³/mol. The number of methoxy groups -OCH3 is 1. The van der Waals surface area contributed by atoms with Gasteiger partial charge in [-0.15, -0.1) is 5.10 Å². The Morgan fingerprint density at radius 3 is 2.54 bits per heavy atom. The van der Waals surface area contributed by atoms with Crippen molar-refractivity contribution in [2.24, 2.45) is 10.8 Å². The smallest absolute Gasteiger partial charge is 0.271 e. The summed E-state index contributed by atoms with van der Waals surface area (Å²) in [6.07, 6.45) is 0. The molecule has 2 aromatic carbocycles. The Balaban J connectivity index is 2.05. The number of benzene rings is 2. The topological polar surface area (TPSA) is 107 Å². The lowest BCUT2D eigenvalue weighted by atomic mass is 10.1. The molecule has 0 aliphatic heterocycles. The highest BCUT2D eigenvalue weighted by atomic mass is 16.5. The van der Waals surface area contributed by atoms with Gasteiger partial charge in [-0.3, -0.25) is 9.59 Å². The van der Waals surface area contributed by atoms with E-state index in [-0.39, 0.29) is 11.1 Å². The van der Waals surface area contributed by atoms with E-state index < -0.39 is 11.8 Å². The third kappa shape index (κ3) is 3.41. The number of amides is 2. The number of rotatable bonds is 4. The van der Waals surface area contributed by atoms with E-state index in [0.717, 1.165) is 5.56 Å². The van der Waals surface area contributed by atoms with E-state index in [2.05, 4.69) is 10.5 Å². The first-order valence-electron chi connectivity index (χ1n) is 7.81. The number of ether oxygens (including phenoxy) is 1. The van der Waals surface area contributed by atoms with E-state index >= 15 is 0 Å². The van der Waals surface area contributed by atoms with Crippen molar-refractivity contribution >= 4 is 22.8 Å². The summed E-state index contributed by atoms with van der Waals surface area (Å²) < 4.78 is 10.9. The van der Waals surface area contributed by atoms with Gasteiger partial charge in [0.2, 0.25) is 5.55 Å². The Hall–Kier alpha value is -3.61. The predicted octanol–water partition coefficient (Wildman–Crippen LogP) is 2.09. The minimum atomic E-state index is -0.721. The maximum absolute atomic E-state index is 12.2. The summed E-state index contributed by atoms with van der Waals surface area (Å²) in [5.41, 5.74) is 9.59. The molecule has 1 heterocycles. The van der Waals surface area contributed by atoms with Crippen molar-refractivity contribution in [3.8, 4) is 5.75 Å². The molecule has 0 radical (unpaired) electrons. The Morgan fingerprint density at radius 2 is 1.88 bits per heavy atom.